The van der Waals surface area contributed by atoms with Gasteiger partial charge in [-0.3, -0.25) is 4.79 Å². The van der Waals surface area contributed by atoms with Crippen LogP contribution in [0.1, 0.15) is 27.2 Å². The lowest BCUT2D eigenvalue weighted by Gasteiger charge is -2.18. The van der Waals surface area contributed by atoms with Gasteiger partial charge in [0.05, 0.1) is 11.9 Å². The van der Waals surface area contributed by atoms with Gasteiger partial charge in [0.1, 0.15) is 0 Å². The van der Waals surface area contributed by atoms with Gasteiger partial charge in [-0.05, 0) is 25.4 Å². The van der Waals surface area contributed by atoms with Crippen molar-refractivity contribution in [3.05, 3.63) is 22.6 Å². The van der Waals surface area contributed by atoms with Gasteiger partial charge in [-0.1, -0.05) is 20.8 Å². The van der Waals surface area contributed by atoms with E-state index in [0.717, 1.165) is 31.7 Å². The fraction of sp³-hybridized carbons (Fsp3) is 0.714. The molecule has 0 aromatic carbocycles. The Labute approximate surface area is 115 Å². The van der Waals surface area contributed by atoms with Crippen LogP contribution in [0.15, 0.2) is 17.1 Å². The summed E-state index contributed by atoms with van der Waals surface area (Å²) in [5, 5.41) is 7.55. The highest BCUT2D eigenvalue weighted by atomic mass is 16.1. The summed E-state index contributed by atoms with van der Waals surface area (Å²) in [6.45, 7) is 9.76. The van der Waals surface area contributed by atoms with Crippen molar-refractivity contribution in [2.75, 3.05) is 31.6 Å². The quantitative estimate of drug-likeness (QED) is 0.771. The van der Waals surface area contributed by atoms with Crippen LogP contribution in [0.5, 0.6) is 0 Å². The number of rotatable bonds is 8. The van der Waals surface area contributed by atoms with Gasteiger partial charge in [0.2, 0.25) is 0 Å². The molecule has 19 heavy (non-hydrogen) atoms. The molecule has 5 heteroatoms. The van der Waals surface area contributed by atoms with E-state index in [1.54, 1.807) is 16.9 Å². The van der Waals surface area contributed by atoms with Crippen LogP contribution >= 0.6 is 0 Å². The first-order valence-corrected chi connectivity index (χ1v) is 7.07. The van der Waals surface area contributed by atoms with Crippen LogP contribution in [0, 0.1) is 5.92 Å². The van der Waals surface area contributed by atoms with Gasteiger partial charge in [-0.2, -0.15) is 5.10 Å². The van der Waals surface area contributed by atoms with Gasteiger partial charge in [-0.25, -0.2) is 4.68 Å². The lowest BCUT2D eigenvalue weighted by atomic mass is 10.2. The maximum atomic E-state index is 12.0. The van der Waals surface area contributed by atoms with Crippen molar-refractivity contribution in [1.29, 1.82) is 0 Å². The average Bonchev–Trinajstić information content (AvgIpc) is 2.39. The summed E-state index contributed by atoms with van der Waals surface area (Å²) in [7, 11) is 1.98. The Balaban J connectivity index is 2.69. The molecule has 0 aliphatic carbocycles. The lowest BCUT2D eigenvalue weighted by Crippen LogP contribution is -2.31. The summed E-state index contributed by atoms with van der Waals surface area (Å²) in [5.41, 5.74) is 0.867. The average molecular weight is 266 g/mol. The molecule has 0 radical (unpaired) electrons. The van der Waals surface area contributed by atoms with Gasteiger partial charge < -0.3 is 10.2 Å². The van der Waals surface area contributed by atoms with E-state index in [-0.39, 0.29) is 5.56 Å². The molecular formula is C14H26N4O. The summed E-state index contributed by atoms with van der Waals surface area (Å²) in [4.78, 5) is 14.1. The zero-order valence-corrected chi connectivity index (χ0v) is 12.5. The lowest BCUT2D eigenvalue weighted by molar-refractivity contribution is 0.414. The molecule has 0 saturated heterocycles. The maximum Gasteiger partial charge on any atom is 0.268 e. The molecule has 0 bridgehead atoms. The predicted molar refractivity (Wildman–Crippen MR) is 79.8 cm³/mol. The molecule has 1 heterocycles. The van der Waals surface area contributed by atoms with Crippen LogP contribution in [0.4, 0.5) is 5.69 Å². The van der Waals surface area contributed by atoms with E-state index in [2.05, 4.69) is 36.1 Å². The molecule has 108 valence electrons. The van der Waals surface area contributed by atoms with Crippen LogP contribution in [-0.4, -0.2) is 36.5 Å². The molecule has 1 N–H and O–H groups in total. The van der Waals surface area contributed by atoms with E-state index in [0.29, 0.717) is 12.5 Å². The standard InChI is InChI=1S/C14H26N4O/c1-5-7-17(4)13-8-14(19)18(16-10-13)11-12(3)9-15-6-2/h8,10,12,15H,5-7,9,11H2,1-4H3. The molecule has 5 nitrogen and oxygen atoms in total. The van der Waals surface area contributed by atoms with Crippen molar-refractivity contribution in [2.24, 2.45) is 5.92 Å². The topological polar surface area (TPSA) is 50.2 Å². The summed E-state index contributed by atoms with van der Waals surface area (Å²) in [6, 6.07) is 1.67. The molecule has 0 aliphatic rings. The Bertz CT molecular complexity index is 430. The Morgan fingerprint density at radius 3 is 2.79 bits per heavy atom. The van der Waals surface area contributed by atoms with E-state index in [1.165, 1.54) is 0 Å². The van der Waals surface area contributed by atoms with Crippen LogP contribution < -0.4 is 15.8 Å². The maximum absolute atomic E-state index is 12.0. The third-order valence-corrected chi connectivity index (χ3v) is 3.08. The summed E-state index contributed by atoms with van der Waals surface area (Å²) in [6.07, 6.45) is 2.83. The van der Waals surface area contributed by atoms with Crippen molar-refractivity contribution in [2.45, 2.75) is 33.7 Å². The minimum absolute atomic E-state index is 0.0243. The van der Waals surface area contributed by atoms with E-state index in [1.807, 2.05) is 7.05 Å². The summed E-state index contributed by atoms with van der Waals surface area (Å²) >= 11 is 0. The van der Waals surface area contributed by atoms with Crippen molar-refractivity contribution in [1.82, 2.24) is 15.1 Å². The van der Waals surface area contributed by atoms with Gasteiger partial charge in [0, 0.05) is 26.2 Å². The molecule has 0 saturated carbocycles. The van der Waals surface area contributed by atoms with E-state index in [9.17, 15) is 4.79 Å². The highest BCUT2D eigenvalue weighted by Gasteiger charge is 2.07. The van der Waals surface area contributed by atoms with Crippen LogP contribution in [-0.2, 0) is 6.54 Å². The zero-order valence-electron chi connectivity index (χ0n) is 12.5. The van der Waals surface area contributed by atoms with Crippen LogP contribution in [0.3, 0.4) is 0 Å². The second-order valence-electron chi connectivity index (χ2n) is 5.07. The fourth-order valence-corrected chi connectivity index (χ4v) is 1.98. The van der Waals surface area contributed by atoms with E-state index < -0.39 is 0 Å². The molecule has 1 aromatic heterocycles. The molecule has 0 amide bonds. The molecule has 0 fully saturated rings. The molecule has 1 atom stereocenters. The predicted octanol–water partition coefficient (Wildman–Crippen LogP) is 1.34. The minimum atomic E-state index is -0.0243. The second-order valence-corrected chi connectivity index (χ2v) is 5.07. The van der Waals surface area contributed by atoms with Gasteiger partial charge >= 0.3 is 0 Å². The Morgan fingerprint density at radius 1 is 1.47 bits per heavy atom. The molecule has 1 aromatic rings. The number of hydrogen-bond donors (Lipinski definition) is 1. The Kier molecular flexibility index (Phi) is 6.56. The molecule has 0 spiro atoms. The normalized spacial score (nSPS) is 12.4. The molecule has 1 rings (SSSR count). The van der Waals surface area contributed by atoms with Crippen LogP contribution in [0.2, 0.25) is 0 Å². The van der Waals surface area contributed by atoms with Crippen molar-refractivity contribution in [3.63, 3.8) is 0 Å². The van der Waals surface area contributed by atoms with E-state index in [4.69, 9.17) is 0 Å². The third kappa shape index (κ3) is 5.03. The first kappa shape index (κ1) is 15.7. The van der Waals surface area contributed by atoms with Gasteiger partial charge in [-0.15, -0.1) is 0 Å². The number of aromatic nitrogens is 2. The molecular weight excluding hydrogens is 240 g/mol. The third-order valence-electron chi connectivity index (χ3n) is 3.08. The zero-order chi connectivity index (χ0) is 14.3. The highest BCUT2D eigenvalue weighted by Crippen LogP contribution is 2.07. The molecule has 0 aliphatic heterocycles. The number of anilines is 1. The van der Waals surface area contributed by atoms with Crippen molar-refractivity contribution >= 4 is 5.69 Å². The first-order chi connectivity index (χ1) is 9.08. The molecule has 1 unspecified atom stereocenters. The smallest absolute Gasteiger partial charge is 0.268 e. The monoisotopic (exact) mass is 266 g/mol. The van der Waals surface area contributed by atoms with Gasteiger partial charge in [0.25, 0.3) is 5.56 Å². The Morgan fingerprint density at radius 2 is 2.21 bits per heavy atom. The first-order valence-electron chi connectivity index (χ1n) is 7.07. The summed E-state index contributed by atoms with van der Waals surface area (Å²) < 4.78 is 1.55. The van der Waals surface area contributed by atoms with Crippen molar-refractivity contribution < 1.29 is 0 Å². The number of nitrogens with zero attached hydrogens (tertiary/aromatic N) is 3. The second kappa shape index (κ2) is 7.94. The number of hydrogen-bond acceptors (Lipinski definition) is 4. The van der Waals surface area contributed by atoms with Crippen LogP contribution in [0.25, 0.3) is 0 Å². The van der Waals surface area contributed by atoms with E-state index >= 15 is 0 Å². The Hall–Kier alpha value is -1.36. The largest absolute Gasteiger partial charge is 0.373 e. The van der Waals surface area contributed by atoms with Gasteiger partial charge in [0.15, 0.2) is 0 Å². The SMILES string of the molecule is CCCN(C)c1cnn(CC(C)CNCC)c(=O)c1. The highest BCUT2D eigenvalue weighted by molar-refractivity contribution is 5.41. The minimum Gasteiger partial charge on any atom is -0.373 e. The van der Waals surface area contributed by atoms with Crippen molar-refractivity contribution in [3.8, 4) is 0 Å². The number of nitrogens with one attached hydrogen (secondary N) is 1. The summed E-state index contributed by atoms with van der Waals surface area (Å²) in [5.74, 6) is 0.393. The fourth-order valence-electron chi connectivity index (χ4n) is 1.98.